The number of hydrogen-bond donors (Lipinski definition) is 5. The van der Waals surface area contributed by atoms with Crippen molar-refractivity contribution in [3.8, 4) is 0 Å². The number of hydrazine groups is 1. The van der Waals surface area contributed by atoms with E-state index in [0.717, 1.165) is 5.56 Å². The first-order valence-electron chi connectivity index (χ1n) is 6.81. The van der Waals surface area contributed by atoms with Crippen molar-refractivity contribution in [1.29, 1.82) is 0 Å². The van der Waals surface area contributed by atoms with Crippen LogP contribution in [0.5, 0.6) is 0 Å². The van der Waals surface area contributed by atoms with Crippen molar-refractivity contribution in [2.75, 3.05) is 6.54 Å². The number of carbonyl (C=O) groups is 3. The van der Waals surface area contributed by atoms with Gasteiger partial charge in [-0.25, -0.2) is 5.84 Å². The smallest absolute Gasteiger partial charge is 0.253 e. The van der Waals surface area contributed by atoms with Crippen LogP contribution in [0.2, 0.25) is 0 Å². The molecule has 7 N–H and O–H groups in total. The number of benzene rings is 1. The number of nitrogens with two attached hydrogens (primary N) is 2. The molecule has 0 aromatic heterocycles. The molecule has 0 unspecified atom stereocenters. The summed E-state index contributed by atoms with van der Waals surface area (Å²) in [4.78, 5) is 34.9. The third-order valence-corrected chi connectivity index (χ3v) is 2.91. The van der Waals surface area contributed by atoms with Crippen molar-refractivity contribution in [1.82, 2.24) is 16.1 Å². The van der Waals surface area contributed by atoms with Gasteiger partial charge in [0.15, 0.2) is 0 Å². The number of rotatable bonds is 7. The fourth-order valence-corrected chi connectivity index (χ4v) is 1.70. The van der Waals surface area contributed by atoms with Crippen LogP contribution in [-0.2, 0) is 20.8 Å². The first-order chi connectivity index (χ1) is 10.4. The molecule has 0 heterocycles. The Bertz CT molecular complexity index is 528. The van der Waals surface area contributed by atoms with E-state index in [1.165, 1.54) is 6.92 Å². The number of halogens is 2. The van der Waals surface area contributed by atoms with Crippen LogP contribution in [0.3, 0.4) is 0 Å². The molecule has 0 fully saturated rings. The molecule has 0 aliphatic carbocycles. The molecule has 136 valence electrons. The average Bonchev–Trinajstić information content (AvgIpc) is 2.52. The Hall–Kier alpha value is -1.49. The minimum atomic E-state index is -0.827. The maximum atomic E-state index is 12.1. The zero-order valence-electron chi connectivity index (χ0n) is 13.2. The van der Waals surface area contributed by atoms with Crippen LogP contribution in [-0.4, -0.2) is 36.3 Å². The molecular formula is C14H23Br2N5O3. The third-order valence-electron chi connectivity index (χ3n) is 2.91. The van der Waals surface area contributed by atoms with E-state index in [2.05, 4.69) is 10.6 Å². The van der Waals surface area contributed by atoms with E-state index in [-0.39, 0.29) is 46.9 Å². The Morgan fingerprint density at radius 1 is 1.08 bits per heavy atom. The predicted octanol–water partition coefficient (Wildman–Crippen LogP) is -0.677. The largest absolute Gasteiger partial charge is 0.345 e. The van der Waals surface area contributed by atoms with E-state index < -0.39 is 29.8 Å². The summed E-state index contributed by atoms with van der Waals surface area (Å²) in [6.45, 7) is 1.25. The lowest BCUT2D eigenvalue weighted by atomic mass is 10.0. The van der Waals surface area contributed by atoms with Crippen molar-refractivity contribution < 1.29 is 14.4 Å². The molecule has 3 amide bonds. The molecule has 0 aliphatic rings. The Kier molecular flexibility index (Phi) is 13.3. The zero-order chi connectivity index (χ0) is 16.5. The zero-order valence-corrected chi connectivity index (χ0v) is 16.6. The summed E-state index contributed by atoms with van der Waals surface area (Å²) in [6.07, 6.45) is 0.287. The summed E-state index contributed by atoms with van der Waals surface area (Å²) < 4.78 is 0. The highest BCUT2D eigenvalue weighted by Crippen LogP contribution is 2.04. The van der Waals surface area contributed by atoms with Gasteiger partial charge in [-0.1, -0.05) is 30.3 Å². The molecule has 0 aliphatic heterocycles. The van der Waals surface area contributed by atoms with Gasteiger partial charge in [-0.3, -0.25) is 19.8 Å². The van der Waals surface area contributed by atoms with E-state index in [9.17, 15) is 14.4 Å². The molecule has 0 saturated heterocycles. The lowest BCUT2D eigenvalue weighted by Crippen LogP contribution is -2.53. The average molecular weight is 469 g/mol. The van der Waals surface area contributed by atoms with Gasteiger partial charge in [0.05, 0.1) is 12.6 Å². The van der Waals surface area contributed by atoms with Gasteiger partial charge in [0.1, 0.15) is 6.04 Å². The van der Waals surface area contributed by atoms with Gasteiger partial charge in [0.2, 0.25) is 11.8 Å². The first kappa shape index (κ1) is 24.8. The minimum absolute atomic E-state index is 0. The van der Waals surface area contributed by atoms with Crippen LogP contribution >= 0.6 is 34.0 Å². The number of nitrogens with one attached hydrogen (secondary N) is 3. The molecule has 1 rings (SSSR count). The highest BCUT2D eigenvalue weighted by Gasteiger charge is 2.22. The normalized spacial score (nSPS) is 11.8. The highest BCUT2D eigenvalue weighted by atomic mass is 79.9. The Labute approximate surface area is 161 Å². The van der Waals surface area contributed by atoms with Crippen LogP contribution in [0.25, 0.3) is 0 Å². The molecule has 0 radical (unpaired) electrons. The number of hydrogen-bond acceptors (Lipinski definition) is 5. The molecule has 0 bridgehead atoms. The van der Waals surface area contributed by atoms with Gasteiger partial charge in [-0.05, 0) is 12.5 Å². The molecule has 8 nitrogen and oxygen atoms in total. The summed E-state index contributed by atoms with van der Waals surface area (Å²) in [5.74, 6) is 3.47. The van der Waals surface area contributed by atoms with Crippen molar-refractivity contribution in [2.45, 2.75) is 25.4 Å². The van der Waals surface area contributed by atoms with Gasteiger partial charge >= 0.3 is 0 Å². The molecule has 2 atom stereocenters. The minimum Gasteiger partial charge on any atom is -0.345 e. The fourth-order valence-electron chi connectivity index (χ4n) is 1.70. The monoisotopic (exact) mass is 467 g/mol. The first-order valence-corrected chi connectivity index (χ1v) is 6.81. The van der Waals surface area contributed by atoms with Crippen LogP contribution in [0.1, 0.15) is 12.5 Å². The summed E-state index contributed by atoms with van der Waals surface area (Å²) in [7, 11) is 0. The maximum Gasteiger partial charge on any atom is 0.253 e. The summed E-state index contributed by atoms with van der Waals surface area (Å²) in [5.41, 5.74) is 8.28. The summed E-state index contributed by atoms with van der Waals surface area (Å²) >= 11 is 0. The molecule has 24 heavy (non-hydrogen) atoms. The van der Waals surface area contributed by atoms with Crippen LogP contribution < -0.4 is 27.6 Å². The predicted molar refractivity (Wildman–Crippen MR) is 102 cm³/mol. The number of amides is 3. The highest BCUT2D eigenvalue weighted by molar-refractivity contribution is 8.93. The Morgan fingerprint density at radius 3 is 2.17 bits per heavy atom. The van der Waals surface area contributed by atoms with E-state index >= 15 is 0 Å². The summed E-state index contributed by atoms with van der Waals surface area (Å²) in [6, 6.07) is 7.63. The maximum absolute atomic E-state index is 12.1. The van der Waals surface area contributed by atoms with E-state index in [1.54, 1.807) is 0 Å². The van der Waals surface area contributed by atoms with Crippen molar-refractivity contribution in [3.05, 3.63) is 35.9 Å². The van der Waals surface area contributed by atoms with Crippen molar-refractivity contribution in [3.63, 3.8) is 0 Å². The third kappa shape index (κ3) is 8.96. The Morgan fingerprint density at radius 2 is 1.67 bits per heavy atom. The van der Waals surface area contributed by atoms with E-state index in [1.807, 2.05) is 35.8 Å². The van der Waals surface area contributed by atoms with Gasteiger partial charge in [-0.2, -0.15) is 0 Å². The second-order valence-corrected chi connectivity index (χ2v) is 4.82. The lowest BCUT2D eigenvalue weighted by Gasteiger charge is -2.19. The number of carbonyl (C=O) groups excluding carboxylic acids is 3. The molecule has 0 spiro atoms. The van der Waals surface area contributed by atoms with E-state index in [4.69, 9.17) is 11.6 Å². The molecular weight excluding hydrogens is 446 g/mol. The lowest BCUT2D eigenvalue weighted by molar-refractivity contribution is -0.130. The summed E-state index contributed by atoms with van der Waals surface area (Å²) in [5, 5.41) is 4.98. The molecule has 1 aromatic carbocycles. The molecule has 10 heteroatoms. The van der Waals surface area contributed by atoms with Crippen molar-refractivity contribution in [2.24, 2.45) is 11.6 Å². The van der Waals surface area contributed by atoms with Crippen molar-refractivity contribution >= 4 is 51.7 Å². The quantitative estimate of drug-likeness (QED) is 0.205. The standard InChI is InChI=1S/C14H21N5O3.2BrH/c1-9(15)13(21)18-11(7-10-5-3-2-4-6-10)14(22)17-8-12(20)19-16;;/h2-6,9,11H,7-8,15-16H2,1H3,(H,17,22)(H,18,21)(H,19,20);2*1H/t9-,11-;;/m0../s1. The SMILES string of the molecule is Br.Br.C[C@H](N)C(=O)N[C@@H](Cc1ccccc1)C(=O)NCC(=O)NN. The van der Waals surface area contributed by atoms with Crippen LogP contribution in [0.4, 0.5) is 0 Å². The fraction of sp³-hybridized carbons (Fsp3) is 0.357. The van der Waals surface area contributed by atoms with Crippen LogP contribution in [0.15, 0.2) is 30.3 Å². The van der Waals surface area contributed by atoms with E-state index in [0.29, 0.717) is 0 Å². The second kappa shape index (κ2) is 12.9. The second-order valence-electron chi connectivity index (χ2n) is 4.82. The molecule has 0 saturated carbocycles. The van der Waals surface area contributed by atoms with Gasteiger partial charge in [0.25, 0.3) is 5.91 Å². The molecule has 1 aromatic rings. The Balaban J connectivity index is 0. The van der Waals surface area contributed by atoms with Gasteiger partial charge < -0.3 is 16.4 Å². The topological polar surface area (TPSA) is 139 Å². The van der Waals surface area contributed by atoms with Gasteiger partial charge in [-0.15, -0.1) is 34.0 Å². The van der Waals surface area contributed by atoms with Crippen LogP contribution in [0, 0.1) is 0 Å². The van der Waals surface area contributed by atoms with Gasteiger partial charge in [0, 0.05) is 6.42 Å².